The number of hydrogen-bond acceptors (Lipinski definition) is 4. The zero-order valence-electron chi connectivity index (χ0n) is 14.3. The first-order chi connectivity index (χ1) is 12.6. The minimum Gasteiger partial charge on any atom is -0.269 e. The summed E-state index contributed by atoms with van der Waals surface area (Å²) < 4.78 is 55.7. The van der Waals surface area contributed by atoms with Gasteiger partial charge in [-0.2, -0.15) is 22.6 Å². The van der Waals surface area contributed by atoms with Crippen molar-refractivity contribution < 1.29 is 22.2 Å². The third-order valence-electron chi connectivity index (χ3n) is 3.92. The van der Waals surface area contributed by atoms with Gasteiger partial charge in [0.2, 0.25) is 0 Å². The molecule has 142 valence electrons. The minimum absolute atomic E-state index is 0.289. The Bertz CT molecular complexity index is 1130. The number of pyridine rings is 1. The molecule has 0 aliphatic rings. The van der Waals surface area contributed by atoms with Gasteiger partial charge in [-0.25, -0.2) is 4.21 Å². The van der Waals surface area contributed by atoms with Crippen molar-refractivity contribution in [1.29, 1.82) is 0 Å². The molecule has 2 atom stereocenters. The number of alkyl halides is 3. The molecule has 0 saturated carbocycles. The Morgan fingerprint density at radius 2 is 1.93 bits per heavy atom. The van der Waals surface area contributed by atoms with Crippen LogP contribution < -0.4 is 0 Å². The molecule has 0 saturated heterocycles. The molecule has 6 nitrogen and oxygen atoms in total. The molecule has 0 bridgehead atoms. The van der Waals surface area contributed by atoms with Gasteiger partial charge >= 0.3 is 6.18 Å². The Kier molecular flexibility index (Phi) is 4.77. The Morgan fingerprint density at radius 1 is 1.22 bits per heavy atom. The maximum atomic E-state index is 13.1. The van der Waals surface area contributed by atoms with Crippen LogP contribution in [-0.2, 0) is 20.7 Å². The number of amides is 1. The van der Waals surface area contributed by atoms with Gasteiger partial charge in [0, 0.05) is 24.0 Å². The summed E-state index contributed by atoms with van der Waals surface area (Å²) in [6.07, 6.45) is -0.741. The molecule has 2 unspecified atom stereocenters. The number of carbonyl (C=O) groups is 1. The van der Waals surface area contributed by atoms with E-state index >= 15 is 0 Å². The number of aromatic nitrogens is 3. The van der Waals surface area contributed by atoms with E-state index in [4.69, 9.17) is 0 Å². The van der Waals surface area contributed by atoms with Crippen molar-refractivity contribution in [2.24, 2.45) is 4.36 Å². The lowest BCUT2D eigenvalue weighted by atomic mass is 10.2. The van der Waals surface area contributed by atoms with Crippen LogP contribution in [0.5, 0.6) is 0 Å². The van der Waals surface area contributed by atoms with E-state index in [1.807, 2.05) is 0 Å². The van der Waals surface area contributed by atoms with E-state index < -0.39 is 33.5 Å². The maximum Gasteiger partial charge on any atom is 0.435 e. The summed E-state index contributed by atoms with van der Waals surface area (Å²) in [7, 11) is -3.16. The fourth-order valence-electron chi connectivity index (χ4n) is 2.50. The van der Waals surface area contributed by atoms with Gasteiger partial charge in [-0.05, 0) is 25.1 Å². The molecule has 27 heavy (non-hydrogen) atoms. The van der Waals surface area contributed by atoms with Crippen LogP contribution in [0.15, 0.2) is 58.1 Å². The third-order valence-corrected chi connectivity index (χ3v) is 5.59. The van der Waals surface area contributed by atoms with Crippen LogP contribution in [0.4, 0.5) is 13.2 Å². The lowest BCUT2D eigenvalue weighted by Gasteiger charge is -2.11. The minimum atomic E-state index is -4.61. The molecule has 1 amide bonds. The van der Waals surface area contributed by atoms with Gasteiger partial charge in [-0.3, -0.25) is 14.5 Å². The van der Waals surface area contributed by atoms with Crippen LogP contribution >= 0.6 is 0 Å². The first-order valence-electron chi connectivity index (χ1n) is 7.82. The Labute approximate surface area is 153 Å². The smallest absolute Gasteiger partial charge is 0.269 e. The number of carbonyl (C=O) groups excluding carboxylic acids is 1. The van der Waals surface area contributed by atoms with Crippen LogP contribution in [0.3, 0.4) is 0 Å². The van der Waals surface area contributed by atoms with E-state index in [1.165, 1.54) is 19.4 Å². The van der Waals surface area contributed by atoms with Gasteiger partial charge in [0.15, 0.2) is 5.69 Å². The second kappa shape index (κ2) is 6.76. The number of benzene rings is 1. The van der Waals surface area contributed by atoms with Crippen LogP contribution in [-0.4, -0.2) is 31.1 Å². The fourth-order valence-corrected chi connectivity index (χ4v) is 3.95. The number of nitrogens with zero attached hydrogens (tertiary/aromatic N) is 4. The first-order valence-corrected chi connectivity index (χ1v) is 9.74. The summed E-state index contributed by atoms with van der Waals surface area (Å²) in [6.45, 7) is 1.34. The molecule has 0 spiro atoms. The van der Waals surface area contributed by atoms with E-state index in [9.17, 15) is 22.2 Å². The molecular formula is C17H15F3N4O2S. The largest absolute Gasteiger partial charge is 0.435 e. The summed E-state index contributed by atoms with van der Waals surface area (Å²) in [6, 6.07) is 8.17. The van der Waals surface area contributed by atoms with Crippen LogP contribution in [0.25, 0.3) is 10.9 Å². The van der Waals surface area contributed by atoms with E-state index in [0.29, 0.717) is 5.52 Å². The van der Waals surface area contributed by atoms with E-state index in [-0.39, 0.29) is 4.90 Å². The SMILES string of the molecule is CC(C(=O)N=S(C)(=O)c1cccc2cccnc12)n1ccc(C(F)(F)F)n1. The normalized spacial score (nSPS) is 15.3. The van der Waals surface area contributed by atoms with Gasteiger partial charge in [0.05, 0.1) is 20.1 Å². The quantitative estimate of drug-likeness (QED) is 0.676. The Balaban J connectivity index is 1.98. The van der Waals surface area contributed by atoms with Crippen LogP contribution in [0.1, 0.15) is 18.7 Å². The van der Waals surface area contributed by atoms with Gasteiger partial charge in [-0.15, -0.1) is 0 Å². The summed E-state index contributed by atoms with van der Waals surface area (Å²) >= 11 is 0. The van der Waals surface area contributed by atoms with E-state index in [1.54, 1.807) is 30.3 Å². The molecule has 0 N–H and O–H groups in total. The van der Waals surface area contributed by atoms with Crippen LogP contribution in [0, 0.1) is 0 Å². The molecule has 0 aliphatic carbocycles. The highest BCUT2D eigenvalue weighted by molar-refractivity contribution is 7.93. The average Bonchev–Trinajstić information content (AvgIpc) is 3.10. The number of halogens is 3. The number of hydrogen-bond donors (Lipinski definition) is 0. The highest BCUT2D eigenvalue weighted by Crippen LogP contribution is 2.28. The molecule has 0 aliphatic heterocycles. The van der Waals surface area contributed by atoms with Crippen molar-refractivity contribution in [3.05, 3.63) is 54.5 Å². The van der Waals surface area contributed by atoms with Crippen molar-refractivity contribution in [1.82, 2.24) is 14.8 Å². The zero-order valence-corrected chi connectivity index (χ0v) is 15.2. The summed E-state index contributed by atoms with van der Waals surface area (Å²) in [4.78, 5) is 16.9. The lowest BCUT2D eigenvalue weighted by Crippen LogP contribution is -2.18. The highest BCUT2D eigenvalue weighted by atomic mass is 32.2. The Hall–Kier alpha value is -2.75. The second-order valence-corrected chi connectivity index (χ2v) is 8.15. The van der Waals surface area contributed by atoms with Crippen molar-refractivity contribution >= 4 is 26.5 Å². The second-order valence-electron chi connectivity index (χ2n) is 5.92. The van der Waals surface area contributed by atoms with Crippen molar-refractivity contribution in [3.8, 4) is 0 Å². The molecule has 10 heteroatoms. The summed E-state index contributed by atoms with van der Waals surface area (Å²) in [5.41, 5.74) is -0.659. The monoisotopic (exact) mass is 396 g/mol. The molecule has 2 aromatic heterocycles. The topological polar surface area (TPSA) is 77.2 Å². The van der Waals surface area contributed by atoms with Gasteiger partial charge in [0.1, 0.15) is 6.04 Å². The van der Waals surface area contributed by atoms with E-state index in [2.05, 4.69) is 14.4 Å². The third kappa shape index (κ3) is 3.85. The van der Waals surface area contributed by atoms with Crippen molar-refractivity contribution in [2.75, 3.05) is 6.26 Å². The molecule has 0 fully saturated rings. The standard InChI is InChI=1S/C17H15F3N4O2S/c1-11(24-10-8-14(22-24)17(18,19)20)16(25)23-27(2,26)13-7-3-5-12-6-4-9-21-15(12)13/h3-11H,1-2H3. The van der Waals surface area contributed by atoms with Crippen LogP contribution in [0.2, 0.25) is 0 Å². The lowest BCUT2D eigenvalue weighted by molar-refractivity contribution is -0.141. The Morgan fingerprint density at radius 3 is 2.59 bits per heavy atom. The first kappa shape index (κ1) is 19.0. The highest BCUT2D eigenvalue weighted by Gasteiger charge is 2.34. The van der Waals surface area contributed by atoms with E-state index in [0.717, 1.165) is 22.3 Å². The predicted octanol–water partition coefficient (Wildman–Crippen LogP) is 3.69. The molecule has 1 aromatic carbocycles. The fraction of sp³-hybridized carbons (Fsp3) is 0.235. The molecular weight excluding hydrogens is 381 g/mol. The number of rotatable bonds is 3. The van der Waals surface area contributed by atoms with Gasteiger partial charge in [0.25, 0.3) is 5.91 Å². The van der Waals surface area contributed by atoms with Gasteiger partial charge in [-0.1, -0.05) is 18.2 Å². The molecule has 2 heterocycles. The van der Waals surface area contributed by atoms with Gasteiger partial charge < -0.3 is 0 Å². The predicted molar refractivity (Wildman–Crippen MR) is 93.5 cm³/mol. The number of fused-ring (bicyclic) bond motifs is 1. The molecule has 0 radical (unpaired) electrons. The maximum absolute atomic E-state index is 13.1. The summed E-state index contributed by atoms with van der Waals surface area (Å²) in [5.74, 6) is -0.841. The summed E-state index contributed by atoms with van der Waals surface area (Å²) in [5, 5.41) is 4.10. The molecule has 3 aromatic rings. The molecule has 3 rings (SSSR count). The average molecular weight is 396 g/mol. The van der Waals surface area contributed by atoms with Crippen molar-refractivity contribution in [2.45, 2.75) is 24.0 Å². The zero-order chi connectivity index (χ0) is 19.8. The van der Waals surface area contributed by atoms with Crippen molar-refractivity contribution in [3.63, 3.8) is 0 Å². The number of para-hydroxylation sites is 1.